The number of rotatable bonds is 6. The van der Waals surface area contributed by atoms with E-state index in [1.807, 2.05) is 30.5 Å². The number of nitrogens with zero attached hydrogens (tertiary/aromatic N) is 3. The Labute approximate surface area is 204 Å². The zero-order valence-electron chi connectivity index (χ0n) is 20.0. The van der Waals surface area contributed by atoms with Gasteiger partial charge in [-0.1, -0.05) is 12.1 Å². The van der Waals surface area contributed by atoms with E-state index in [-0.39, 0.29) is 5.91 Å². The lowest BCUT2D eigenvalue weighted by Crippen LogP contribution is -2.38. The number of aromatic amines is 1. The predicted octanol–water partition coefficient (Wildman–Crippen LogP) is 4.11. The second-order valence-electron chi connectivity index (χ2n) is 9.56. The number of nitrogens with one attached hydrogen (secondary N) is 2. The van der Waals surface area contributed by atoms with Crippen molar-refractivity contribution in [3.8, 4) is 11.3 Å². The van der Waals surface area contributed by atoms with Crippen molar-refractivity contribution < 1.29 is 9.53 Å². The van der Waals surface area contributed by atoms with E-state index in [9.17, 15) is 4.79 Å². The number of carbonyl (C=O) groups excluding carboxylic acids is 1. The van der Waals surface area contributed by atoms with Crippen LogP contribution in [-0.4, -0.2) is 65.4 Å². The van der Waals surface area contributed by atoms with Crippen molar-refractivity contribution in [2.24, 2.45) is 0 Å². The Morgan fingerprint density at radius 2 is 1.83 bits per heavy atom. The zero-order chi connectivity index (χ0) is 23.6. The Hall–Kier alpha value is -3.29. The summed E-state index contributed by atoms with van der Waals surface area (Å²) >= 11 is 0. The number of fused-ring (bicyclic) bond motifs is 5. The minimum atomic E-state index is -0.0191. The van der Waals surface area contributed by atoms with E-state index in [0.717, 1.165) is 79.8 Å². The van der Waals surface area contributed by atoms with Crippen LogP contribution in [0, 0.1) is 0 Å². The van der Waals surface area contributed by atoms with Crippen LogP contribution in [0.5, 0.6) is 0 Å². The number of hydrogen-bond acceptors (Lipinski definition) is 5. The molecule has 7 heteroatoms. The molecule has 6 rings (SSSR count). The number of aromatic nitrogens is 3. The first-order chi connectivity index (χ1) is 17.3. The highest BCUT2D eigenvalue weighted by Gasteiger charge is 2.21. The minimum absolute atomic E-state index is 0.0191. The fraction of sp³-hybridized carbons (Fsp3) is 0.393. The van der Waals surface area contributed by atoms with Crippen LogP contribution in [0.4, 0.5) is 0 Å². The van der Waals surface area contributed by atoms with Gasteiger partial charge < -0.3 is 10.1 Å². The zero-order valence-corrected chi connectivity index (χ0v) is 20.0. The van der Waals surface area contributed by atoms with E-state index in [1.165, 1.54) is 29.4 Å². The topological polar surface area (TPSA) is 83.1 Å². The van der Waals surface area contributed by atoms with Crippen molar-refractivity contribution >= 4 is 27.7 Å². The maximum absolute atomic E-state index is 12.7. The molecule has 0 radical (unpaired) electrons. The molecule has 35 heavy (non-hydrogen) atoms. The van der Waals surface area contributed by atoms with Crippen LogP contribution in [-0.2, 0) is 17.6 Å². The lowest BCUT2D eigenvalue weighted by atomic mass is 9.85. The van der Waals surface area contributed by atoms with Crippen molar-refractivity contribution in [3.05, 3.63) is 59.3 Å². The first kappa shape index (κ1) is 22.2. The van der Waals surface area contributed by atoms with Crippen molar-refractivity contribution in [3.63, 3.8) is 0 Å². The van der Waals surface area contributed by atoms with Gasteiger partial charge in [0.25, 0.3) is 5.91 Å². The number of amides is 1. The van der Waals surface area contributed by atoms with Gasteiger partial charge in [-0.3, -0.25) is 14.8 Å². The normalized spacial score (nSPS) is 16.5. The molecule has 2 N–H and O–H groups in total. The van der Waals surface area contributed by atoms with Crippen LogP contribution in [0.25, 0.3) is 33.1 Å². The quantitative estimate of drug-likeness (QED) is 0.415. The number of H-pyrrole nitrogens is 1. The summed E-state index contributed by atoms with van der Waals surface area (Å²) in [5, 5.41) is 12.8. The molecule has 4 aromatic rings. The van der Waals surface area contributed by atoms with Crippen LogP contribution in [0.1, 0.15) is 40.7 Å². The smallest absolute Gasteiger partial charge is 0.251 e. The van der Waals surface area contributed by atoms with E-state index >= 15 is 0 Å². The molecule has 0 bridgehead atoms. The van der Waals surface area contributed by atoms with Gasteiger partial charge in [-0.2, -0.15) is 5.10 Å². The third-order valence-corrected chi connectivity index (χ3v) is 7.35. The molecule has 0 unspecified atom stereocenters. The Bertz CT molecular complexity index is 1360. The van der Waals surface area contributed by atoms with E-state index in [2.05, 4.69) is 32.5 Å². The summed E-state index contributed by atoms with van der Waals surface area (Å²) in [6.45, 7) is 5.25. The van der Waals surface area contributed by atoms with Crippen molar-refractivity contribution in [1.82, 2.24) is 25.4 Å². The maximum atomic E-state index is 12.7. The fourth-order valence-corrected chi connectivity index (χ4v) is 5.50. The minimum Gasteiger partial charge on any atom is -0.379 e. The third kappa shape index (κ3) is 4.42. The number of pyridine rings is 1. The summed E-state index contributed by atoms with van der Waals surface area (Å²) in [6, 6.07) is 12.1. The molecular formula is C28H31N5O2. The summed E-state index contributed by atoms with van der Waals surface area (Å²) in [6.07, 6.45) is 7.34. The second kappa shape index (κ2) is 9.76. The predicted molar refractivity (Wildman–Crippen MR) is 138 cm³/mol. The highest BCUT2D eigenvalue weighted by atomic mass is 16.5. The van der Waals surface area contributed by atoms with E-state index in [1.54, 1.807) is 0 Å². The summed E-state index contributed by atoms with van der Waals surface area (Å²) in [7, 11) is 0. The second-order valence-corrected chi connectivity index (χ2v) is 9.56. The molecular weight excluding hydrogens is 438 g/mol. The molecule has 1 saturated heterocycles. The fourth-order valence-electron chi connectivity index (χ4n) is 5.50. The van der Waals surface area contributed by atoms with E-state index in [0.29, 0.717) is 12.1 Å². The molecule has 2 aliphatic rings. The SMILES string of the molecule is O=C(NCCCN1CCOCC1)c1ccc(-c2nc3ccc4[nH]ncc4c3c3c2CCCC3)cc1. The van der Waals surface area contributed by atoms with E-state index < -0.39 is 0 Å². The highest BCUT2D eigenvalue weighted by molar-refractivity contribution is 6.07. The van der Waals surface area contributed by atoms with Gasteiger partial charge in [0.05, 0.1) is 36.1 Å². The third-order valence-electron chi connectivity index (χ3n) is 7.35. The van der Waals surface area contributed by atoms with Gasteiger partial charge in [0, 0.05) is 41.5 Å². The molecule has 0 atom stereocenters. The van der Waals surface area contributed by atoms with Crippen LogP contribution in [0.2, 0.25) is 0 Å². The van der Waals surface area contributed by atoms with Crippen molar-refractivity contribution in [2.45, 2.75) is 32.1 Å². The average molecular weight is 470 g/mol. The number of carbonyl (C=O) groups is 1. The van der Waals surface area contributed by atoms with Crippen LogP contribution in [0.15, 0.2) is 42.6 Å². The standard InChI is InChI=1S/C28H31N5O2/c34-28(29-12-3-13-33-14-16-35-17-15-33)20-8-6-19(7-9-20)27-22-5-2-1-4-21(22)26-23-18-30-32-24(23)10-11-25(26)31-27/h6-11,18H,1-5,12-17H2,(H,29,34)(H,30,32). The molecule has 1 fully saturated rings. The molecule has 180 valence electrons. The van der Waals surface area contributed by atoms with Gasteiger partial charge in [-0.15, -0.1) is 0 Å². The molecule has 1 amide bonds. The van der Waals surface area contributed by atoms with Crippen molar-refractivity contribution in [1.29, 1.82) is 0 Å². The molecule has 0 spiro atoms. The summed E-state index contributed by atoms with van der Waals surface area (Å²) in [5.74, 6) is -0.0191. The van der Waals surface area contributed by atoms with Gasteiger partial charge in [0.1, 0.15) is 0 Å². The molecule has 2 aromatic carbocycles. The first-order valence-electron chi connectivity index (χ1n) is 12.7. The average Bonchev–Trinajstić information content (AvgIpc) is 3.40. The van der Waals surface area contributed by atoms with Crippen molar-refractivity contribution in [2.75, 3.05) is 39.4 Å². The van der Waals surface area contributed by atoms with Gasteiger partial charge >= 0.3 is 0 Å². The van der Waals surface area contributed by atoms with Gasteiger partial charge in [-0.25, -0.2) is 4.98 Å². The lowest BCUT2D eigenvalue weighted by Gasteiger charge is -2.26. The number of morpholine rings is 1. The molecule has 2 aromatic heterocycles. The molecule has 0 saturated carbocycles. The Morgan fingerprint density at radius 3 is 2.66 bits per heavy atom. The Morgan fingerprint density at radius 1 is 1.03 bits per heavy atom. The van der Waals surface area contributed by atoms with Crippen LogP contribution < -0.4 is 5.32 Å². The number of hydrogen-bond donors (Lipinski definition) is 2. The Kier molecular flexibility index (Phi) is 6.19. The molecule has 7 nitrogen and oxygen atoms in total. The molecule has 1 aliphatic heterocycles. The highest BCUT2D eigenvalue weighted by Crippen LogP contribution is 2.37. The number of benzene rings is 2. The lowest BCUT2D eigenvalue weighted by molar-refractivity contribution is 0.0374. The molecule has 3 heterocycles. The summed E-state index contributed by atoms with van der Waals surface area (Å²) in [5.41, 5.74) is 7.63. The maximum Gasteiger partial charge on any atom is 0.251 e. The Balaban J connectivity index is 1.21. The molecule has 1 aliphatic carbocycles. The van der Waals surface area contributed by atoms with Gasteiger partial charge in [0.15, 0.2) is 0 Å². The number of aryl methyl sites for hydroxylation is 1. The first-order valence-corrected chi connectivity index (χ1v) is 12.7. The monoisotopic (exact) mass is 469 g/mol. The van der Waals surface area contributed by atoms with Gasteiger partial charge in [0.2, 0.25) is 0 Å². The van der Waals surface area contributed by atoms with Crippen LogP contribution in [0.3, 0.4) is 0 Å². The van der Waals surface area contributed by atoms with E-state index in [4.69, 9.17) is 9.72 Å². The summed E-state index contributed by atoms with van der Waals surface area (Å²) < 4.78 is 5.39. The number of ether oxygens (including phenoxy) is 1. The summed E-state index contributed by atoms with van der Waals surface area (Å²) in [4.78, 5) is 20.2. The largest absolute Gasteiger partial charge is 0.379 e. The van der Waals surface area contributed by atoms with Crippen LogP contribution >= 0.6 is 0 Å². The van der Waals surface area contributed by atoms with Gasteiger partial charge in [-0.05, 0) is 74.0 Å².